The number of para-hydroxylation sites is 2. The van der Waals surface area contributed by atoms with Crippen molar-refractivity contribution in [3.8, 4) is 67.0 Å². The van der Waals surface area contributed by atoms with E-state index in [0.29, 0.717) is 0 Å². The molecule has 4 nitrogen and oxygen atoms in total. The molecular weight excluding hydrogens is 921 g/mol. The maximum absolute atomic E-state index is 5.35. The zero-order valence-corrected chi connectivity index (χ0v) is 43.2. The normalized spacial score (nSPS) is 11.2. The van der Waals surface area contributed by atoms with Crippen LogP contribution in [0.1, 0.15) is 22.3 Å². The molecule has 0 amide bonds. The van der Waals surface area contributed by atoms with E-state index in [2.05, 4.69) is 280 Å². The van der Waals surface area contributed by atoms with Crippen molar-refractivity contribution in [2.45, 2.75) is 27.7 Å². The highest BCUT2D eigenvalue weighted by atomic mass is 15.1. The van der Waals surface area contributed by atoms with E-state index in [-0.39, 0.29) is 0 Å². The van der Waals surface area contributed by atoms with Gasteiger partial charge in [-0.15, -0.1) is 0 Å². The standard InChI is InChI=1S/C72H56N4/c1-49-11-7-15-59(45-49)53-21-33-63(34-22-53)75(64-35-23-54(24-36-64)60-16-8-12-50(2)46-60)67-41-29-57(30-42-67)71-72(74-70-20-6-5-19-69(70)73-71)58-31-43-68(44-32-58)76(65-37-25-55(26-38-65)61-17-9-13-51(3)47-61)66-39-27-56(28-40-66)62-18-10-14-52(4)48-62/h5-48H,1-4H3. The molecule has 0 fully saturated rings. The maximum Gasteiger partial charge on any atom is 0.0973 e. The maximum atomic E-state index is 5.35. The minimum Gasteiger partial charge on any atom is -0.311 e. The summed E-state index contributed by atoms with van der Waals surface area (Å²) >= 11 is 0. The summed E-state index contributed by atoms with van der Waals surface area (Å²) < 4.78 is 0. The predicted octanol–water partition coefficient (Wildman–Crippen LogP) is 19.8. The van der Waals surface area contributed by atoms with Gasteiger partial charge in [-0.25, -0.2) is 9.97 Å². The molecular formula is C72H56N4. The van der Waals surface area contributed by atoms with Gasteiger partial charge in [-0.2, -0.15) is 0 Å². The molecule has 0 unspecified atom stereocenters. The summed E-state index contributed by atoms with van der Waals surface area (Å²) in [6.45, 7) is 8.56. The molecule has 11 aromatic carbocycles. The molecule has 4 heteroatoms. The molecule has 12 aromatic rings. The summed E-state index contributed by atoms with van der Waals surface area (Å²) in [6, 6.07) is 95.9. The van der Waals surface area contributed by atoms with Gasteiger partial charge in [-0.3, -0.25) is 0 Å². The van der Waals surface area contributed by atoms with Crippen LogP contribution in [0.2, 0.25) is 0 Å². The number of benzene rings is 11. The van der Waals surface area contributed by atoms with Crippen molar-refractivity contribution in [3.05, 3.63) is 289 Å². The fraction of sp³-hybridized carbons (Fsp3) is 0.0556. The minimum atomic E-state index is 0.824. The number of hydrogen-bond donors (Lipinski definition) is 0. The molecule has 0 radical (unpaired) electrons. The molecule has 0 aliphatic rings. The number of aromatic nitrogens is 2. The van der Waals surface area contributed by atoms with Crippen molar-refractivity contribution >= 4 is 45.2 Å². The number of fused-ring (bicyclic) bond motifs is 1. The molecule has 1 aromatic heterocycles. The zero-order valence-electron chi connectivity index (χ0n) is 43.2. The van der Waals surface area contributed by atoms with Crippen LogP contribution in [-0.2, 0) is 0 Å². The Hall–Kier alpha value is -9.64. The van der Waals surface area contributed by atoms with E-state index in [0.717, 1.165) is 67.7 Å². The van der Waals surface area contributed by atoms with Crippen LogP contribution in [0, 0.1) is 27.7 Å². The van der Waals surface area contributed by atoms with Crippen LogP contribution in [0.15, 0.2) is 267 Å². The summed E-state index contributed by atoms with van der Waals surface area (Å²) in [5, 5.41) is 0. The van der Waals surface area contributed by atoms with Gasteiger partial charge in [0.1, 0.15) is 0 Å². The highest BCUT2D eigenvalue weighted by Crippen LogP contribution is 2.41. The first-order valence-electron chi connectivity index (χ1n) is 26.0. The second-order valence-electron chi connectivity index (χ2n) is 19.8. The van der Waals surface area contributed by atoms with Gasteiger partial charge in [0.2, 0.25) is 0 Å². The fourth-order valence-electron chi connectivity index (χ4n) is 10.3. The molecule has 0 N–H and O–H groups in total. The van der Waals surface area contributed by atoms with Crippen molar-refractivity contribution in [1.29, 1.82) is 0 Å². The Kier molecular flexibility index (Phi) is 12.9. The smallest absolute Gasteiger partial charge is 0.0973 e. The number of aryl methyl sites for hydroxylation is 4. The second-order valence-corrected chi connectivity index (χ2v) is 19.8. The first-order chi connectivity index (χ1) is 37.3. The zero-order chi connectivity index (χ0) is 51.5. The molecule has 0 aliphatic heterocycles. The fourth-order valence-corrected chi connectivity index (χ4v) is 10.3. The molecule has 12 rings (SSSR count). The summed E-state index contributed by atoms with van der Waals surface area (Å²) in [5.74, 6) is 0. The Morgan fingerprint density at radius 1 is 0.211 bits per heavy atom. The van der Waals surface area contributed by atoms with Gasteiger partial charge in [-0.05, 0) is 157 Å². The van der Waals surface area contributed by atoms with E-state index in [4.69, 9.17) is 9.97 Å². The number of rotatable bonds is 12. The lowest BCUT2D eigenvalue weighted by Crippen LogP contribution is -2.10. The quantitative estimate of drug-likeness (QED) is 0.122. The van der Waals surface area contributed by atoms with Crippen molar-refractivity contribution in [3.63, 3.8) is 0 Å². The molecule has 0 aliphatic carbocycles. The summed E-state index contributed by atoms with van der Waals surface area (Å²) in [7, 11) is 0. The average molecular weight is 977 g/mol. The lowest BCUT2D eigenvalue weighted by Gasteiger charge is -2.26. The Labute approximate surface area is 446 Å². The summed E-state index contributed by atoms with van der Waals surface area (Å²) in [6.07, 6.45) is 0. The van der Waals surface area contributed by atoms with Crippen LogP contribution in [0.4, 0.5) is 34.1 Å². The molecule has 364 valence electrons. The highest BCUT2D eigenvalue weighted by molar-refractivity contribution is 5.89. The molecule has 76 heavy (non-hydrogen) atoms. The van der Waals surface area contributed by atoms with E-state index in [1.807, 2.05) is 24.3 Å². The Bertz CT molecular complexity index is 3550. The van der Waals surface area contributed by atoms with Crippen LogP contribution >= 0.6 is 0 Å². The first kappa shape index (κ1) is 47.4. The van der Waals surface area contributed by atoms with E-state index in [9.17, 15) is 0 Å². The predicted molar refractivity (Wildman–Crippen MR) is 320 cm³/mol. The minimum absolute atomic E-state index is 0.824. The number of hydrogen-bond acceptors (Lipinski definition) is 4. The monoisotopic (exact) mass is 976 g/mol. The van der Waals surface area contributed by atoms with E-state index >= 15 is 0 Å². The third-order valence-electron chi connectivity index (χ3n) is 14.3. The summed E-state index contributed by atoms with van der Waals surface area (Å²) in [4.78, 5) is 15.3. The Morgan fingerprint density at radius 3 is 0.658 bits per heavy atom. The van der Waals surface area contributed by atoms with Crippen LogP contribution in [0.25, 0.3) is 78.1 Å². The lowest BCUT2D eigenvalue weighted by molar-refractivity contribution is 1.26. The van der Waals surface area contributed by atoms with Crippen LogP contribution in [-0.4, -0.2) is 9.97 Å². The topological polar surface area (TPSA) is 32.3 Å². The molecule has 0 saturated heterocycles. The molecule has 0 bridgehead atoms. The SMILES string of the molecule is Cc1cccc(-c2ccc(N(c3ccc(-c4cccc(C)c4)cc3)c3ccc(-c4nc5ccccc5nc4-c4ccc(N(c5ccc(-c6cccc(C)c6)cc5)c5ccc(-c6cccc(C)c6)cc5)cc4)cc3)cc2)c1. The third kappa shape index (κ3) is 9.92. The number of nitrogens with zero attached hydrogens (tertiary/aromatic N) is 4. The van der Waals surface area contributed by atoms with Gasteiger partial charge in [0.05, 0.1) is 22.4 Å². The van der Waals surface area contributed by atoms with Gasteiger partial charge in [0.15, 0.2) is 0 Å². The van der Waals surface area contributed by atoms with Crippen molar-refractivity contribution < 1.29 is 0 Å². The van der Waals surface area contributed by atoms with Gasteiger partial charge >= 0.3 is 0 Å². The van der Waals surface area contributed by atoms with Gasteiger partial charge in [-0.1, -0.05) is 204 Å². The highest BCUT2D eigenvalue weighted by Gasteiger charge is 2.19. The van der Waals surface area contributed by atoms with Crippen molar-refractivity contribution in [2.24, 2.45) is 0 Å². The Balaban J connectivity index is 0.908. The van der Waals surface area contributed by atoms with E-state index in [1.165, 1.54) is 66.8 Å². The summed E-state index contributed by atoms with van der Waals surface area (Å²) in [5.41, 5.74) is 26.2. The molecule has 0 atom stereocenters. The third-order valence-corrected chi connectivity index (χ3v) is 14.3. The number of anilines is 6. The second kappa shape index (κ2) is 20.7. The van der Waals surface area contributed by atoms with Crippen LogP contribution in [0.5, 0.6) is 0 Å². The van der Waals surface area contributed by atoms with E-state index in [1.54, 1.807) is 0 Å². The Morgan fingerprint density at radius 2 is 0.434 bits per heavy atom. The van der Waals surface area contributed by atoms with Gasteiger partial charge in [0.25, 0.3) is 0 Å². The van der Waals surface area contributed by atoms with Crippen molar-refractivity contribution in [2.75, 3.05) is 9.80 Å². The van der Waals surface area contributed by atoms with E-state index < -0.39 is 0 Å². The first-order valence-corrected chi connectivity index (χ1v) is 26.0. The van der Waals surface area contributed by atoms with Crippen molar-refractivity contribution in [1.82, 2.24) is 9.97 Å². The molecule has 0 spiro atoms. The van der Waals surface area contributed by atoms with Gasteiger partial charge < -0.3 is 9.80 Å². The largest absolute Gasteiger partial charge is 0.311 e. The average Bonchev–Trinajstić information content (AvgIpc) is 3.46. The molecule has 0 saturated carbocycles. The van der Waals surface area contributed by atoms with Crippen LogP contribution in [0.3, 0.4) is 0 Å². The lowest BCUT2D eigenvalue weighted by atomic mass is 10.0. The van der Waals surface area contributed by atoms with Crippen LogP contribution < -0.4 is 9.80 Å². The molecule has 1 heterocycles. The van der Waals surface area contributed by atoms with Gasteiger partial charge in [0, 0.05) is 45.3 Å².